The highest BCUT2D eigenvalue weighted by Crippen LogP contribution is 2.14. The molecule has 0 radical (unpaired) electrons. The Bertz CT molecular complexity index is 563. The molecule has 2 aromatic rings. The Labute approximate surface area is 90.9 Å². The minimum Gasteiger partial charge on any atom is -0.363 e. The summed E-state index contributed by atoms with van der Waals surface area (Å²) in [5, 5.41) is 3.41. The standard InChI is InChI=1S/C9H7FN2O3S/c10-7-1-3-8(4-2-7)16(13,14)12-9-5-6-15-11-9/h1-6H,(H,11,12). The third kappa shape index (κ3) is 2.19. The van der Waals surface area contributed by atoms with Gasteiger partial charge in [0.15, 0.2) is 5.82 Å². The van der Waals surface area contributed by atoms with Crippen molar-refractivity contribution < 1.29 is 17.3 Å². The number of hydrogen-bond acceptors (Lipinski definition) is 4. The predicted molar refractivity (Wildman–Crippen MR) is 53.7 cm³/mol. The molecular weight excluding hydrogens is 235 g/mol. The maximum Gasteiger partial charge on any atom is 0.263 e. The summed E-state index contributed by atoms with van der Waals surface area (Å²) in [5.41, 5.74) is 0. The van der Waals surface area contributed by atoms with Crippen LogP contribution in [0.4, 0.5) is 10.2 Å². The van der Waals surface area contributed by atoms with E-state index in [9.17, 15) is 12.8 Å². The average Bonchev–Trinajstić information content (AvgIpc) is 2.70. The van der Waals surface area contributed by atoms with Crippen molar-refractivity contribution >= 4 is 15.8 Å². The number of rotatable bonds is 3. The fourth-order valence-corrected chi connectivity index (χ4v) is 2.07. The van der Waals surface area contributed by atoms with E-state index >= 15 is 0 Å². The van der Waals surface area contributed by atoms with Crippen LogP contribution >= 0.6 is 0 Å². The first kappa shape index (κ1) is 10.6. The maximum absolute atomic E-state index is 12.6. The minimum absolute atomic E-state index is 0.0445. The van der Waals surface area contributed by atoms with Crippen molar-refractivity contribution in [2.24, 2.45) is 0 Å². The number of anilines is 1. The molecule has 5 nitrogen and oxygen atoms in total. The molecule has 1 N–H and O–H groups in total. The fourth-order valence-electron chi connectivity index (χ4n) is 1.08. The summed E-state index contributed by atoms with van der Waals surface area (Å²) in [6, 6.07) is 5.82. The fraction of sp³-hybridized carbons (Fsp3) is 0. The molecular formula is C9H7FN2O3S. The van der Waals surface area contributed by atoms with Gasteiger partial charge in [0.25, 0.3) is 10.0 Å². The van der Waals surface area contributed by atoms with Crippen LogP contribution in [-0.2, 0) is 10.0 Å². The van der Waals surface area contributed by atoms with Crippen molar-refractivity contribution in [1.29, 1.82) is 0 Å². The Kier molecular flexibility index (Phi) is 2.61. The highest BCUT2D eigenvalue weighted by molar-refractivity contribution is 7.92. The van der Waals surface area contributed by atoms with Crippen LogP contribution in [0.1, 0.15) is 0 Å². The number of sulfonamides is 1. The lowest BCUT2D eigenvalue weighted by atomic mass is 10.4. The molecule has 1 aromatic carbocycles. The van der Waals surface area contributed by atoms with Gasteiger partial charge in [-0.05, 0) is 24.3 Å². The summed E-state index contributed by atoms with van der Waals surface area (Å²) in [6.07, 6.45) is 1.24. The summed E-state index contributed by atoms with van der Waals surface area (Å²) >= 11 is 0. The molecule has 0 bridgehead atoms. The first-order chi connectivity index (χ1) is 7.58. The van der Waals surface area contributed by atoms with Gasteiger partial charge in [-0.15, -0.1) is 0 Å². The Hall–Kier alpha value is -1.89. The second-order valence-corrected chi connectivity index (χ2v) is 4.63. The Morgan fingerprint density at radius 3 is 2.44 bits per heavy atom. The highest BCUT2D eigenvalue weighted by Gasteiger charge is 2.15. The van der Waals surface area contributed by atoms with Crippen molar-refractivity contribution in [3.05, 3.63) is 42.4 Å². The van der Waals surface area contributed by atoms with Gasteiger partial charge in [-0.3, -0.25) is 4.72 Å². The predicted octanol–water partition coefficient (Wildman–Crippen LogP) is 1.61. The molecule has 2 rings (SSSR count). The van der Waals surface area contributed by atoms with Crippen LogP contribution in [0, 0.1) is 5.82 Å². The monoisotopic (exact) mass is 242 g/mol. The zero-order chi connectivity index (χ0) is 11.6. The Morgan fingerprint density at radius 2 is 1.88 bits per heavy atom. The average molecular weight is 242 g/mol. The van der Waals surface area contributed by atoms with Gasteiger partial charge in [0.05, 0.1) is 4.90 Å². The van der Waals surface area contributed by atoms with Gasteiger partial charge in [-0.1, -0.05) is 5.16 Å². The first-order valence-electron chi connectivity index (χ1n) is 4.27. The summed E-state index contributed by atoms with van der Waals surface area (Å²) < 4.78 is 42.7. The highest BCUT2D eigenvalue weighted by atomic mass is 32.2. The van der Waals surface area contributed by atoms with Crippen molar-refractivity contribution in [3.8, 4) is 0 Å². The van der Waals surface area contributed by atoms with E-state index in [1.54, 1.807) is 0 Å². The molecule has 0 spiro atoms. The number of halogens is 1. The molecule has 0 atom stereocenters. The molecule has 1 heterocycles. The summed E-state index contributed by atoms with van der Waals surface area (Å²) in [7, 11) is -3.74. The van der Waals surface area contributed by atoms with Crippen LogP contribution in [0.5, 0.6) is 0 Å². The molecule has 0 aliphatic heterocycles. The van der Waals surface area contributed by atoms with Crippen LogP contribution in [0.3, 0.4) is 0 Å². The topological polar surface area (TPSA) is 72.2 Å². The second-order valence-electron chi connectivity index (χ2n) is 2.94. The number of aromatic nitrogens is 1. The summed E-state index contributed by atoms with van der Waals surface area (Å²) in [5.74, 6) is -0.426. The van der Waals surface area contributed by atoms with Crippen LogP contribution in [0.2, 0.25) is 0 Å². The lowest BCUT2D eigenvalue weighted by molar-refractivity contribution is 0.423. The van der Waals surface area contributed by atoms with Gasteiger partial charge in [0.2, 0.25) is 0 Å². The zero-order valence-corrected chi connectivity index (χ0v) is 8.74. The van der Waals surface area contributed by atoms with Gasteiger partial charge in [0, 0.05) is 6.07 Å². The van der Waals surface area contributed by atoms with Crippen molar-refractivity contribution in [2.45, 2.75) is 4.90 Å². The van der Waals surface area contributed by atoms with E-state index < -0.39 is 15.8 Å². The normalized spacial score (nSPS) is 11.3. The maximum atomic E-state index is 12.6. The largest absolute Gasteiger partial charge is 0.363 e. The second kappa shape index (κ2) is 3.93. The van der Waals surface area contributed by atoms with E-state index in [0.29, 0.717) is 0 Å². The molecule has 0 aliphatic rings. The van der Waals surface area contributed by atoms with Crippen molar-refractivity contribution in [1.82, 2.24) is 5.16 Å². The van der Waals surface area contributed by atoms with E-state index in [0.717, 1.165) is 24.3 Å². The van der Waals surface area contributed by atoms with Crippen LogP contribution in [0.25, 0.3) is 0 Å². The van der Waals surface area contributed by atoms with E-state index in [2.05, 4.69) is 14.4 Å². The minimum atomic E-state index is -3.74. The number of hydrogen-bond donors (Lipinski definition) is 1. The Balaban J connectivity index is 2.29. The lowest BCUT2D eigenvalue weighted by Crippen LogP contribution is -2.13. The quantitative estimate of drug-likeness (QED) is 0.887. The molecule has 84 valence electrons. The van der Waals surface area contributed by atoms with Crippen molar-refractivity contribution in [2.75, 3.05) is 4.72 Å². The molecule has 0 fully saturated rings. The molecule has 0 saturated carbocycles. The van der Waals surface area contributed by atoms with Crippen LogP contribution < -0.4 is 4.72 Å². The molecule has 7 heteroatoms. The Morgan fingerprint density at radius 1 is 1.19 bits per heavy atom. The molecule has 0 amide bonds. The summed E-state index contributed by atoms with van der Waals surface area (Å²) in [6.45, 7) is 0. The third-order valence-electron chi connectivity index (χ3n) is 1.80. The van der Waals surface area contributed by atoms with Crippen LogP contribution in [-0.4, -0.2) is 13.6 Å². The number of nitrogens with zero attached hydrogens (tertiary/aromatic N) is 1. The summed E-state index contributed by atoms with van der Waals surface area (Å²) in [4.78, 5) is -0.0445. The van der Waals surface area contributed by atoms with Gasteiger partial charge >= 0.3 is 0 Å². The lowest BCUT2D eigenvalue weighted by Gasteiger charge is -2.03. The van der Waals surface area contributed by atoms with Gasteiger partial charge in [-0.2, -0.15) is 0 Å². The number of benzene rings is 1. The molecule has 0 unspecified atom stereocenters. The van der Waals surface area contributed by atoms with Crippen LogP contribution in [0.15, 0.2) is 46.0 Å². The molecule has 0 aliphatic carbocycles. The van der Waals surface area contributed by atoms with Gasteiger partial charge in [0.1, 0.15) is 12.1 Å². The SMILES string of the molecule is O=S(=O)(Nc1ccon1)c1ccc(F)cc1. The van der Waals surface area contributed by atoms with E-state index in [4.69, 9.17) is 0 Å². The molecule has 0 saturated heterocycles. The van der Waals surface area contributed by atoms with Crippen molar-refractivity contribution in [3.63, 3.8) is 0 Å². The first-order valence-corrected chi connectivity index (χ1v) is 5.75. The van der Waals surface area contributed by atoms with E-state index in [1.165, 1.54) is 12.3 Å². The third-order valence-corrected chi connectivity index (χ3v) is 3.17. The zero-order valence-electron chi connectivity index (χ0n) is 7.92. The van der Waals surface area contributed by atoms with Gasteiger partial charge in [-0.25, -0.2) is 12.8 Å². The van der Waals surface area contributed by atoms with E-state index in [1.807, 2.05) is 0 Å². The van der Waals surface area contributed by atoms with Gasteiger partial charge < -0.3 is 4.52 Å². The molecule has 16 heavy (non-hydrogen) atoms. The molecule has 1 aromatic heterocycles. The smallest absolute Gasteiger partial charge is 0.263 e. The number of nitrogens with one attached hydrogen (secondary N) is 1. The van der Waals surface area contributed by atoms with E-state index in [-0.39, 0.29) is 10.7 Å².